The standard InChI is InChI=1S/C21H24N4O2/c1-14(25-19-8-4-3-7-18(19)23-24-25)12-21(26)22-15(2)16-9-10-20-17(13-16)6-5-11-27-20/h3-4,7-10,13-15H,5-6,11-12H2,1-2H3,(H,22,26)/t14-,15+/m1/s1. The van der Waals surface area contributed by atoms with Gasteiger partial charge in [-0.2, -0.15) is 0 Å². The van der Waals surface area contributed by atoms with Crippen molar-refractivity contribution in [3.63, 3.8) is 0 Å². The summed E-state index contributed by atoms with van der Waals surface area (Å²) in [4.78, 5) is 12.6. The quantitative estimate of drug-likeness (QED) is 0.751. The second-order valence-corrected chi connectivity index (χ2v) is 7.18. The molecule has 4 rings (SSSR count). The summed E-state index contributed by atoms with van der Waals surface area (Å²) < 4.78 is 7.48. The second-order valence-electron chi connectivity index (χ2n) is 7.18. The molecule has 0 fully saturated rings. The van der Waals surface area contributed by atoms with Gasteiger partial charge in [0.05, 0.1) is 24.2 Å². The fraction of sp³-hybridized carbons (Fsp3) is 0.381. The van der Waals surface area contributed by atoms with Crippen molar-refractivity contribution < 1.29 is 9.53 Å². The molecule has 27 heavy (non-hydrogen) atoms. The van der Waals surface area contributed by atoms with Crippen LogP contribution < -0.4 is 10.1 Å². The van der Waals surface area contributed by atoms with E-state index in [1.807, 2.05) is 54.9 Å². The number of para-hydroxylation sites is 1. The predicted molar refractivity (Wildman–Crippen MR) is 104 cm³/mol. The lowest BCUT2D eigenvalue weighted by molar-refractivity contribution is -0.122. The van der Waals surface area contributed by atoms with Gasteiger partial charge in [-0.15, -0.1) is 5.10 Å². The molecule has 6 nitrogen and oxygen atoms in total. The molecule has 0 spiro atoms. The number of rotatable bonds is 5. The number of carbonyl (C=O) groups excluding carboxylic acids is 1. The fourth-order valence-corrected chi connectivity index (χ4v) is 3.60. The molecule has 0 saturated heterocycles. The number of nitrogens with one attached hydrogen (secondary N) is 1. The lowest BCUT2D eigenvalue weighted by Crippen LogP contribution is -2.29. The molecular weight excluding hydrogens is 340 g/mol. The molecular formula is C21H24N4O2. The first-order valence-electron chi connectivity index (χ1n) is 9.47. The smallest absolute Gasteiger partial charge is 0.222 e. The number of aromatic nitrogens is 3. The topological polar surface area (TPSA) is 69.0 Å². The van der Waals surface area contributed by atoms with Gasteiger partial charge in [-0.25, -0.2) is 4.68 Å². The van der Waals surface area contributed by atoms with E-state index in [-0.39, 0.29) is 18.0 Å². The van der Waals surface area contributed by atoms with Crippen LogP contribution in [-0.4, -0.2) is 27.5 Å². The SMILES string of the molecule is C[C@H](NC(=O)C[C@@H](C)n1nnc2ccccc21)c1ccc2c(c1)CCCO2. The van der Waals surface area contributed by atoms with Crippen molar-refractivity contribution in [1.82, 2.24) is 20.3 Å². The minimum absolute atomic E-state index is 0.00329. The maximum absolute atomic E-state index is 12.6. The number of hydrogen-bond acceptors (Lipinski definition) is 4. The molecule has 0 aliphatic carbocycles. The largest absolute Gasteiger partial charge is 0.493 e. The summed E-state index contributed by atoms with van der Waals surface area (Å²) in [5, 5.41) is 11.5. The summed E-state index contributed by atoms with van der Waals surface area (Å²) in [6.07, 6.45) is 2.42. The van der Waals surface area contributed by atoms with Crippen molar-refractivity contribution in [3.8, 4) is 5.75 Å². The molecule has 3 aromatic rings. The Morgan fingerprint density at radius 1 is 1.26 bits per heavy atom. The first-order valence-corrected chi connectivity index (χ1v) is 9.47. The van der Waals surface area contributed by atoms with Gasteiger partial charge in [0, 0.05) is 6.42 Å². The molecule has 0 radical (unpaired) electrons. The molecule has 2 heterocycles. The second kappa shape index (κ2) is 7.39. The number of ether oxygens (including phenoxy) is 1. The Hall–Kier alpha value is -2.89. The summed E-state index contributed by atoms with van der Waals surface area (Å²) in [6.45, 7) is 4.79. The van der Waals surface area contributed by atoms with Crippen molar-refractivity contribution in [3.05, 3.63) is 53.6 Å². The number of benzene rings is 2. The van der Waals surface area contributed by atoms with Crippen LogP contribution in [0.2, 0.25) is 0 Å². The summed E-state index contributed by atoms with van der Waals surface area (Å²) >= 11 is 0. The van der Waals surface area contributed by atoms with Crippen LogP contribution in [-0.2, 0) is 11.2 Å². The fourth-order valence-electron chi connectivity index (χ4n) is 3.60. The molecule has 140 valence electrons. The predicted octanol–water partition coefficient (Wildman–Crippen LogP) is 3.58. The van der Waals surface area contributed by atoms with Crippen molar-refractivity contribution >= 4 is 16.9 Å². The highest BCUT2D eigenvalue weighted by molar-refractivity contribution is 5.78. The number of aryl methyl sites for hydroxylation is 1. The van der Waals surface area contributed by atoms with Gasteiger partial charge in [0.1, 0.15) is 11.3 Å². The van der Waals surface area contributed by atoms with E-state index in [1.54, 1.807) is 0 Å². The van der Waals surface area contributed by atoms with Gasteiger partial charge in [0.25, 0.3) is 0 Å². The van der Waals surface area contributed by atoms with E-state index in [0.29, 0.717) is 6.42 Å². The average Bonchev–Trinajstić information content (AvgIpc) is 3.11. The first kappa shape index (κ1) is 17.5. The highest BCUT2D eigenvalue weighted by atomic mass is 16.5. The van der Waals surface area contributed by atoms with E-state index in [9.17, 15) is 4.79 Å². The van der Waals surface area contributed by atoms with Gasteiger partial charge < -0.3 is 10.1 Å². The molecule has 0 unspecified atom stereocenters. The zero-order chi connectivity index (χ0) is 18.8. The number of fused-ring (bicyclic) bond motifs is 2. The molecule has 1 aromatic heterocycles. The number of nitrogens with zero attached hydrogens (tertiary/aromatic N) is 3. The first-order chi connectivity index (χ1) is 13.1. The Morgan fingerprint density at radius 3 is 3.00 bits per heavy atom. The monoisotopic (exact) mass is 364 g/mol. The molecule has 0 bridgehead atoms. The molecule has 6 heteroatoms. The van der Waals surface area contributed by atoms with E-state index in [0.717, 1.165) is 41.8 Å². The molecule has 2 atom stereocenters. The van der Waals surface area contributed by atoms with E-state index in [1.165, 1.54) is 5.56 Å². The zero-order valence-corrected chi connectivity index (χ0v) is 15.7. The maximum Gasteiger partial charge on any atom is 0.222 e. The van der Waals surface area contributed by atoms with Crippen molar-refractivity contribution in [2.45, 2.75) is 45.2 Å². The molecule has 1 aliphatic heterocycles. The van der Waals surface area contributed by atoms with Crippen LogP contribution in [0.15, 0.2) is 42.5 Å². The molecule has 0 saturated carbocycles. The number of hydrogen-bond donors (Lipinski definition) is 1. The van der Waals surface area contributed by atoms with Crippen LogP contribution in [0.25, 0.3) is 11.0 Å². The summed E-state index contributed by atoms with van der Waals surface area (Å²) in [6, 6.07) is 13.9. The summed E-state index contributed by atoms with van der Waals surface area (Å²) in [5.74, 6) is 0.971. The van der Waals surface area contributed by atoms with Gasteiger partial charge in [0.15, 0.2) is 0 Å². The average molecular weight is 364 g/mol. The van der Waals surface area contributed by atoms with Gasteiger partial charge in [-0.1, -0.05) is 29.5 Å². The third-order valence-electron chi connectivity index (χ3n) is 5.09. The number of amides is 1. The Kier molecular flexibility index (Phi) is 4.79. The highest BCUT2D eigenvalue weighted by Crippen LogP contribution is 2.28. The molecule has 2 aromatic carbocycles. The van der Waals surface area contributed by atoms with Crippen LogP contribution in [0.4, 0.5) is 0 Å². The summed E-state index contributed by atoms with van der Waals surface area (Å²) in [7, 11) is 0. The van der Waals surface area contributed by atoms with E-state index < -0.39 is 0 Å². The Labute approximate surface area is 158 Å². The Balaban J connectivity index is 1.41. The minimum Gasteiger partial charge on any atom is -0.493 e. The molecule has 1 aliphatic rings. The highest BCUT2D eigenvalue weighted by Gasteiger charge is 2.18. The Bertz CT molecular complexity index is 966. The van der Waals surface area contributed by atoms with Crippen LogP contribution in [0, 0.1) is 0 Å². The van der Waals surface area contributed by atoms with Gasteiger partial charge in [0.2, 0.25) is 5.91 Å². The van der Waals surface area contributed by atoms with Crippen molar-refractivity contribution in [1.29, 1.82) is 0 Å². The zero-order valence-electron chi connectivity index (χ0n) is 15.7. The lowest BCUT2D eigenvalue weighted by Gasteiger charge is -2.21. The Morgan fingerprint density at radius 2 is 2.11 bits per heavy atom. The lowest BCUT2D eigenvalue weighted by atomic mass is 10.00. The van der Waals surface area contributed by atoms with Crippen molar-refractivity contribution in [2.75, 3.05) is 6.61 Å². The molecule has 1 amide bonds. The third-order valence-corrected chi connectivity index (χ3v) is 5.09. The van der Waals surface area contributed by atoms with Gasteiger partial charge >= 0.3 is 0 Å². The third kappa shape index (κ3) is 3.65. The van der Waals surface area contributed by atoms with Crippen molar-refractivity contribution in [2.24, 2.45) is 0 Å². The van der Waals surface area contributed by atoms with Gasteiger partial charge in [-0.3, -0.25) is 4.79 Å². The van der Waals surface area contributed by atoms with Crippen LogP contribution >= 0.6 is 0 Å². The van der Waals surface area contributed by atoms with E-state index in [4.69, 9.17) is 4.74 Å². The van der Waals surface area contributed by atoms with E-state index in [2.05, 4.69) is 21.7 Å². The molecule has 1 N–H and O–H groups in total. The maximum atomic E-state index is 12.6. The van der Waals surface area contributed by atoms with E-state index >= 15 is 0 Å². The van der Waals surface area contributed by atoms with Crippen LogP contribution in [0.1, 0.15) is 49.9 Å². The van der Waals surface area contributed by atoms with Gasteiger partial charge in [-0.05, 0) is 56.0 Å². The minimum atomic E-state index is -0.0680. The number of carbonyl (C=O) groups is 1. The normalized spacial score (nSPS) is 15.6. The summed E-state index contributed by atoms with van der Waals surface area (Å²) in [5.41, 5.74) is 4.11. The van der Waals surface area contributed by atoms with Crippen LogP contribution in [0.3, 0.4) is 0 Å². The van der Waals surface area contributed by atoms with Crippen LogP contribution in [0.5, 0.6) is 5.75 Å².